The Balaban J connectivity index is 3.13. The van der Waals surface area contributed by atoms with E-state index in [0.29, 0.717) is 12.8 Å². The molecule has 0 radical (unpaired) electrons. The Kier molecular flexibility index (Phi) is 5.08. The van der Waals surface area contributed by atoms with Crippen LogP contribution in [0.4, 0.5) is 0 Å². The van der Waals surface area contributed by atoms with Crippen molar-refractivity contribution in [3.63, 3.8) is 0 Å². The largest absolute Gasteiger partial charge is 0.342 e. The average Bonchev–Trinajstić information content (AvgIpc) is 2.48. The van der Waals surface area contributed by atoms with Crippen molar-refractivity contribution in [3.8, 4) is 0 Å². The van der Waals surface area contributed by atoms with Crippen LogP contribution in [-0.2, 0) is 19.4 Å². The van der Waals surface area contributed by atoms with Gasteiger partial charge in [0.15, 0.2) is 9.84 Å². The van der Waals surface area contributed by atoms with Crippen LogP contribution in [0.1, 0.15) is 47.0 Å². The number of hydrogen-bond donors (Lipinski definition) is 1. The molecule has 2 amide bonds. The van der Waals surface area contributed by atoms with E-state index in [4.69, 9.17) is 0 Å². The van der Waals surface area contributed by atoms with Gasteiger partial charge in [-0.3, -0.25) is 9.59 Å². The number of sulfone groups is 1. The predicted octanol–water partition coefficient (Wildman–Crippen LogP) is 0.717. The molecule has 0 bridgehead atoms. The Morgan fingerprint density at radius 3 is 2.19 bits per heavy atom. The highest BCUT2D eigenvalue weighted by molar-refractivity contribution is 7.92. The molecule has 1 saturated heterocycles. The van der Waals surface area contributed by atoms with Crippen LogP contribution in [0.25, 0.3) is 0 Å². The molecular weight excluding hydrogens is 292 g/mol. The number of nitrogens with zero attached hydrogens (tertiary/aromatic N) is 1. The lowest BCUT2D eigenvalue weighted by Gasteiger charge is -2.37. The minimum atomic E-state index is -3.30. The third-order valence-corrected chi connectivity index (χ3v) is 6.60. The van der Waals surface area contributed by atoms with E-state index in [1.54, 1.807) is 13.8 Å². The molecule has 21 heavy (non-hydrogen) atoms. The van der Waals surface area contributed by atoms with Gasteiger partial charge in [-0.2, -0.15) is 0 Å². The second-order valence-electron chi connectivity index (χ2n) is 6.35. The highest BCUT2D eigenvalue weighted by Gasteiger charge is 2.44. The summed E-state index contributed by atoms with van der Waals surface area (Å²) in [6.45, 7) is 7.27. The van der Waals surface area contributed by atoms with E-state index in [9.17, 15) is 18.0 Å². The van der Waals surface area contributed by atoms with Gasteiger partial charge >= 0.3 is 0 Å². The Bertz CT molecular complexity index is 521. The van der Waals surface area contributed by atoms with Crippen molar-refractivity contribution in [3.05, 3.63) is 0 Å². The summed E-state index contributed by atoms with van der Waals surface area (Å²) < 4.78 is 22.7. The molecule has 1 aliphatic rings. The second-order valence-corrected chi connectivity index (χ2v) is 9.00. The van der Waals surface area contributed by atoms with Crippen molar-refractivity contribution in [2.75, 3.05) is 19.3 Å². The number of nitrogens with one attached hydrogen (secondary N) is 1. The molecule has 0 spiro atoms. The van der Waals surface area contributed by atoms with Crippen LogP contribution >= 0.6 is 0 Å². The summed E-state index contributed by atoms with van der Waals surface area (Å²) in [5, 5.41) is 2.82. The van der Waals surface area contributed by atoms with Crippen molar-refractivity contribution >= 4 is 21.7 Å². The highest BCUT2D eigenvalue weighted by atomic mass is 32.2. The summed E-state index contributed by atoms with van der Waals surface area (Å²) in [6.07, 6.45) is 2.35. The molecule has 0 aromatic carbocycles. The summed E-state index contributed by atoms with van der Waals surface area (Å²) in [5.41, 5.74) is -0.916. The Labute approximate surface area is 127 Å². The second kappa shape index (κ2) is 5.94. The van der Waals surface area contributed by atoms with Crippen LogP contribution in [0.2, 0.25) is 0 Å². The van der Waals surface area contributed by atoms with Crippen molar-refractivity contribution in [2.45, 2.75) is 57.2 Å². The highest BCUT2D eigenvalue weighted by Crippen LogP contribution is 2.25. The lowest BCUT2D eigenvalue weighted by atomic mass is 9.91. The molecule has 122 valence electrons. The number of hydrogen-bond acceptors (Lipinski definition) is 4. The van der Waals surface area contributed by atoms with E-state index in [2.05, 4.69) is 5.32 Å². The van der Waals surface area contributed by atoms with Crippen molar-refractivity contribution in [1.29, 1.82) is 0 Å². The van der Waals surface area contributed by atoms with Crippen LogP contribution in [0.15, 0.2) is 0 Å². The van der Waals surface area contributed by atoms with E-state index in [1.165, 1.54) is 11.2 Å². The van der Waals surface area contributed by atoms with Crippen molar-refractivity contribution in [2.24, 2.45) is 0 Å². The van der Waals surface area contributed by atoms with Crippen molar-refractivity contribution < 1.29 is 18.0 Å². The molecule has 0 saturated carbocycles. The van der Waals surface area contributed by atoms with Gasteiger partial charge in [0.2, 0.25) is 11.8 Å². The van der Waals surface area contributed by atoms with Gasteiger partial charge in [0.1, 0.15) is 5.54 Å². The molecule has 1 heterocycles. The van der Waals surface area contributed by atoms with Gasteiger partial charge in [-0.05, 0) is 26.7 Å². The third kappa shape index (κ3) is 3.56. The first-order valence-corrected chi connectivity index (χ1v) is 9.18. The van der Waals surface area contributed by atoms with Gasteiger partial charge in [0.05, 0.1) is 4.75 Å². The maximum Gasteiger partial charge on any atom is 0.248 e. The van der Waals surface area contributed by atoms with Crippen LogP contribution in [0.3, 0.4) is 0 Å². The summed E-state index contributed by atoms with van der Waals surface area (Å²) in [5.74, 6) is -0.346. The molecule has 1 rings (SSSR count). The molecular formula is C14H26N2O4S. The SMILES string of the molecule is CCC1(CC)NC(=O)CCN(CC(C)(C)S(C)(=O)=O)C1=O. The van der Waals surface area contributed by atoms with E-state index >= 15 is 0 Å². The Hall–Kier alpha value is -1.11. The lowest BCUT2D eigenvalue weighted by Crippen LogP contribution is -2.58. The van der Waals surface area contributed by atoms with Gasteiger partial charge in [0, 0.05) is 25.8 Å². The molecule has 0 aliphatic carbocycles. The molecule has 6 nitrogen and oxygen atoms in total. The molecule has 7 heteroatoms. The predicted molar refractivity (Wildman–Crippen MR) is 81.6 cm³/mol. The first-order chi connectivity index (χ1) is 9.49. The van der Waals surface area contributed by atoms with Gasteiger partial charge < -0.3 is 10.2 Å². The fourth-order valence-electron chi connectivity index (χ4n) is 2.48. The normalized spacial score (nSPS) is 20.1. The zero-order valence-electron chi connectivity index (χ0n) is 13.5. The molecule has 1 N–H and O–H groups in total. The number of amides is 2. The summed E-state index contributed by atoms with van der Waals surface area (Å²) in [4.78, 5) is 26.2. The van der Waals surface area contributed by atoms with Crippen LogP contribution < -0.4 is 5.32 Å². The summed E-state index contributed by atoms with van der Waals surface area (Å²) in [6, 6.07) is 0. The van der Waals surface area contributed by atoms with Crippen molar-refractivity contribution in [1.82, 2.24) is 10.2 Å². The van der Waals surface area contributed by atoms with E-state index in [-0.39, 0.29) is 31.3 Å². The minimum absolute atomic E-state index is 0.0986. The van der Waals surface area contributed by atoms with E-state index in [0.717, 1.165) is 0 Å². The molecule has 0 atom stereocenters. The Morgan fingerprint density at radius 2 is 1.76 bits per heavy atom. The smallest absolute Gasteiger partial charge is 0.248 e. The molecule has 1 fully saturated rings. The molecule has 0 unspecified atom stereocenters. The van der Waals surface area contributed by atoms with Crippen LogP contribution in [0.5, 0.6) is 0 Å². The Morgan fingerprint density at radius 1 is 1.24 bits per heavy atom. The fraction of sp³-hybridized carbons (Fsp3) is 0.857. The zero-order valence-corrected chi connectivity index (χ0v) is 14.3. The standard InChI is InChI=1S/C14H26N2O4S/c1-6-14(7-2)12(18)16(9-8-11(17)15-14)10-13(3,4)21(5,19)20/h6-10H2,1-5H3,(H,15,17). The van der Waals surface area contributed by atoms with Gasteiger partial charge in [0.25, 0.3) is 0 Å². The molecule has 0 aromatic rings. The molecule has 1 aliphatic heterocycles. The zero-order chi connectivity index (χ0) is 16.5. The van der Waals surface area contributed by atoms with Gasteiger partial charge in [-0.15, -0.1) is 0 Å². The van der Waals surface area contributed by atoms with Crippen LogP contribution in [-0.4, -0.2) is 54.8 Å². The first-order valence-electron chi connectivity index (χ1n) is 7.29. The maximum absolute atomic E-state index is 12.8. The lowest BCUT2D eigenvalue weighted by molar-refractivity contribution is -0.139. The third-order valence-electron chi connectivity index (χ3n) is 4.47. The number of rotatable bonds is 5. The van der Waals surface area contributed by atoms with E-state index < -0.39 is 20.1 Å². The summed E-state index contributed by atoms with van der Waals surface area (Å²) >= 11 is 0. The van der Waals surface area contributed by atoms with Crippen LogP contribution in [0, 0.1) is 0 Å². The average molecular weight is 318 g/mol. The minimum Gasteiger partial charge on any atom is -0.342 e. The quantitative estimate of drug-likeness (QED) is 0.809. The topological polar surface area (TPSA) is 83.6 Å². The van der Waals surface area contributed by atoms with E-state index in [1.807, 2.05) is 13.8 Å². The fourth-order valence-corrected chi connectivity index (χ4v) is 2.87. The monoisotopic (exact) mass is 318 g/mol. The van der Waals surface area contributed by atoms with Gasteiger partial charge in [-0.1, -0.05) is 13.8 Å². The first kappa shape index (κ1) is 17.9. The number of carbonyl (C=O) groups excluding carboxylic acids is 2. The maximum atomic E-state index is 12.8. The van der Waals surface area contributed by atoms with Gasteiger partial charge in [-0.25, -0.2) is 8.42 Å². The summed E-state index contributed by atoms with van der Waals surface area (Å²) in [7, 11) is -3.30. The number of carbonyl (C=O) groups is 2. The molecule has 0 aromatic heterocycles.